The molecule has 4 aromatic carbocycles. The molecule has 0 bridgehead atoms. The summed E-state index contributed by atoms with van der Waals surface area (Å²) in [6.07, 6.45) is 0.609. The van der Waals surface area contributed by atoms with Crippen LogP contribution in [0.3, 0.4) is 0 Å². The van der Waals surface area contributed by atoms with Crippen molar-refractivity contribution in [3.8, 4) is 0 Å². The number of carbonyl (C=O) groups excluding carboxylic acids is 2. The fourth-order valence-corrected chi connectivity index (χ4v) is 6.99. The summed E-state index contributed by atoms with van der Waals surface area (Å²) in [6.45, 7) is 5.55. The highest BCUT2D eigenvalue weighted by atomic mass is 32.2. The van der Waals surface area contributed by atoms with Gasteiger partial charge < -0.3 is 15.0 Å². The quantitative estimate of drug-likeness (QED) is 0.237. The average Bonchev–Trinajstić information content (AvgIpc) is 3.34. The maximum absolute atomic E-state index is 13.5. The molecule has 0 saturated heterocycles. The minimum Gasteiger partial charge on any atom is -0.452 e. The first kappa shape index (κ1) is 28.9. The van der Waals surface area contributed by atoms with Gasteiger partial charge in [-0.1, -0.05) is 42.5 Å². The van der Waals surface area contributed by atoms with Gasteiger partial charge in [0, 0.05) is 29.1 Å². The summed E-state index contributed by atoms with van der Waals surface area (Å²) < 4.78 is 33.7. The molecule has 0 fully saturated rings. The molecule has 8 nitrogen and oxygen atoms in total. The molecule has 0 spiro atoms. The maximum Gasteiger partial charge on any atom is 0.338 e. The summed E-state index contributed by atoms with van der Waals surface area (Å²) in [7, 11) is -3.92. The summed E-state index contributed by atoms with van der Waals surface area (Å²) in [5.74, 6) is -1.30. The monoisotopic (exact) mass is 583 g/mol. The molecule has 42 heavy (non-hydrogen) atoms. The lowest BCUT2D eigenvalue weighted by Gasteiger charge is -2.29. The molecule has 1 aliphatic rings. The highest BCUT2D eigenvalue weighted by Gasteiger charge is 2.36. The molecule has 1 atom stereocenters. The van der Waals surface area contributed by atoms with Crippen molar-refractivity contribution in [1.29, 1.82) is 0 Å². The third-order valence-corrected chi connectivity index (χ3v) is 9.01. The molecule has 1 aliphatic heterocycles. The number of benzene rings is 4. The largest absolute Gasteiger partial charge is 0.452 e. The maximum atomic E-state index is 13.5. The molecule has 5 rings (SSSR count). The third kappa shape index (κ3) is 6.01. The Morgan fingerprint density at radius 1 is 0.905 bits per heavy atom. The fourth-order valence-electron chi connectivity index (χ4n) is 5.25. The standard InChI is InChI=1S/C33H33N3O5S/c1-23(2)35(28-12-5-4-6-13-28)29-18-16-27(17-19-29)34-32(37)22-41-33(38)26-11-9-14-30(21-26)42(39,40)36-24(3)20-25-10-7-8-15-31(25)36/h4-19,21,23-24H,20,22H2,1-3H3,(H,34,37)/t24-/m0/s1. The minimum absolute atomic E-state index is 0.0176. The van der Waals surface area contributed by atoms with Crippen LogP contribution < -0.4 is 14.5 Å². The molecular weight excluding hydrogens is 550 g/mol. The third-order valence-electron chi connectivity index (χ3n) is 7.09. The number of hydrogen-bond donors (Lipinski definition) is 1. The van der Waals surface area contributed by atoms with Crippen LogP contribution in [0.25, 0.3) is 0 Å². The zero-order valence-corrected chi connectivity index (χ0v) is 24.5. The van der Waals surface area contributed by atoms with Gasteiger partial charge >= 0.3 is 5.97 Å². The van der Waals surface area contributed by atoms with Crippen LogP contribution in [-0.2, 0) is 26.0 Å². The zero-order chi connectivity index (χ0) is 29.9. The molecule has 0 unspecified atom stereocenters. The van der Waals surface area contributed by atoms with Crippen molar-refractivity contribution in [3.63, 3.8) is 0 Å². The van der Waals surface area contributed by atoms with Gasteiger partial charge in [-0.25, -0.2) is 13.2 Å². The second kappa shape index (κ2) is 12.1. The van der Waals surface area contributed by atoms with Crippen molar-refractivity contribution in [3.05, 3.63) is 114 Å². The van der Waals surface area contributed by atoms with E-state index in [2.05, 4.69) is 24.1 Å². The number of hydrogen-bond acceptors (Lipinski definition) is 6. The Kier molecular flexibility index (Phi) is 8.31. The number of ether oxygens (including phenoxy) is 1. The van der Waals surface area contributed by atoms with Gasteiger partial charge in [-0.3, -0.25) is 9.10 Å². The van der Waals surface area contributed by atoms with Crippen LogP contribution in [0.15, 0.2) is 108 Å². The fraction of sp³-hybridized carbons (Fsp3) is 0.212. The van der Waals surface area contributed by atoms with Crippen LogP contribution in [0.5, 0.6) is 0 Å². The van der Waals surface area contributed by atoms with Crippen LogP contribution in [-0.4, -0.2) is 39.0 Å². The molecule has 1 heterocycles. The van der Waals surface area contributed by atoms with Crippen molar-refractivity contribution < 1.29 is 22.7 Å². The first-order valence-electron chi connectivity index (χ1n) is 13.8. The number of sulfonamides is 1. The van der Waals surface area contributed by atoms with Crippen LogP contribution >= 0.6 is 0 Å². The van der Waals surface area contributed by atoms with Crippen molar-refractivity contribution in [2.75, 3.05) is 21.1 Å². The van der Waals surface area contributed by atoms with E-state index in [1.165, 1.54) is 28.6 Å². The van der Waals surface area contributed by atoms with E-state index in [1.54, 1.807) is 24.3 Å². The number of fused-ring (bicyclic) bond motifs is 1. The Balaban J connectivity index is 1.21. The lowest BCUT2D eigenvalue weighted by atomic mass is 10.1. The first-order chi connectivity index (χ1) is 20.1. The van der Waals surface area contributed by atoms with Crippen molar-refractivity contribution in [1.82, 2.24) is 0 Å². The van der Waals surface area contributed by atoms with Gasteiger partial charge in [0.2, 0.25) is 0 Å². The topological polar surface area (TPSA) is 96.0 Å². The Hall–Kier alpha value is -4.63. The average molecular weight is 584 g/mol. The van der Waals surface area contributed by atoms with Gasteiger partial charge in [0.1, 0.15) is 0 Å². The number of para-hydroxylation sites is 2. The smallest absolute Gasteiger partial charge is 0.338 e. The molecule has 4 aromatic rings. The van der Waals surface area contributed by atoms with E-state index in [0.717, 1.165) is 16.9 Å². The molecule has 0 aromatic heterocycles. The molecule has 216 valence electrons. The summed E-state index contributed by atoms with van der Waals surface area (Å²) >= 11 is 0. The van der Waals surface area contributed by atoms with Gasteiger partial charge in [0.25, 0.3) is 15.9 Å². The highest BCUT2D eigenvalue weighted by Crippen LogP contribution is 2.36. The predicted octanol–water partition coefficient (Wildman–Crippen LogP) is 6.17. The number of esters is 1. The first-order valence-corrected chi connectivity index (χ1v) is 15.2. The van der Waals surface area contributed by atoms with Crippen molar-refractivity contribution >= 4 is 44.6 Å². The van der Waals surface area contributed by atoms with Crippen LogP contribution in [0.2, 0.25) is 0 Å². The number of carbonyl (C=O) groups is 2. The Morgan fingerprint density at radius 3 is 2.29 bits per heavy atom. The SMILES string of the molecule is CC(C)N(c1ccccc1)c1ccc(NC(=O)COC(=O)c2cccc(S(=O)(=O)N3c4ccccc4C[C@@H]3C)c2)cc1. The number of nitrogens with zero attached hydrogens (tertiary/aromatic N) is 2. The number of nitrogens with one attached hydrogen (secondary N) is 1. The van der Waals surface area contributed by atoms with Gasteiger partial charge in [-0.15, -0.1) is 0 Å². The second-order valence-corrected chi connectivity index (χ2v) is 12.3. The van der Waals surface area contributed by atoms with Gasteiger partial charge in [-0.2, -0.15) is 0 Å². The van der Waals surface area contributed by atoms with Gasteiger partial charge in [0.05, 0.1) is 16.1 Å². The number of anilines is 4. The lowest BCUT2D eigenvalue weighted by Crippen LogP contribution is -2.35. The van der Waals surface area contributed by atoms with E-state index < -0.39 is 28.5 Å². The zero-order valence-electron chi connectivity index (χ0n) is 23.7. The van der Waals surface area contributed by atoms with E-state index in [0.29, 0.717) is 17.8 Å². The molecule has 0 aliphatic carbocycles. The molecule has 1 amide bonds. The lowest BCUT2D eigenvalue weighted by molar-refractivity contribution is -0.119. The van der Waals surface area contributed by atoms with Crippen LogP contribution in [0, 0.1) is 0 Å². The molecular formula is C33H33N3O5S. The van der Waals surface area contributed by atoms with E-state index in [9.17, 15) is 18.0 Å². The Bertz CT molecular complexity index is 1690. The van der Waals surface area contributed by atoms with E-state index in [1.807, 2.05) is 61.5 Å². The molecule has 1 N–H and O–H groups in total. The Morgan fingerprint density at radius 2 is 1.57 bits per heavy atom. The Labute approximate surface area is 246 Å². The van der Waals surface area contributed by atoms with Crippen LogP contribution in [0.4, 0.5) is 22.7 Å². The second-order valence-electron chi connectivity index (χ2n) is 10.5. The van der Waals surface area contributed by atoms with E-state index >= 15 is 0 Å². The van der Waals surface area contributed by atoms with Crippen molar-refractivity contribution in [2.24, 2.45) is 0 Å². The van der Waals surface area contributed by atoms with Gasteiger partial charge in [0.15, 0.2) is 6.61 Å². The predicted molar refractivity (Wildman–Crippen MR) is 165 cm³/mol. The van der Waals surface area contributed by atoms with E-state index in [-0.39, 0.29) is 22.5 Å². The number of rotatable bonds is 9. The van der Waals surface area contributed by atoms with Crippen molar-refractivity contribution in [2.45, 2.75) is 44.2 Å². The normalized spacial score (nSPS) is 14.4. The molecule has 0 saturated carbocycles. The molecule has 0 radical (unpaired) electrons. The van der Waals surface area contributed by atoms with Crippen LogP contribution in [0.1, 0.15) is 36.7 Å². The van der Waals surface area contributed by atoms with Gasteiger partial charge in [-0.05, 0) is 93.4 Å². The summed E-state index contributed by atoms with van der Waals surface area (Å²) in [4.78, 5) is 27.5. The summed E-state index contributed by atoms with van der Waals surface area (Å²) in [5.41, 5.74) is 4.24. The minimum atomic E-state index is -3.92. The molecule has 9 heteroatoms. The van der Waals surface area contributed by atoms with E-state index in [4.69, 9.17) is 4.74 Å². The number of amides is 1. The summed E-state index contributed by atoms with van der Waals surface area (Å²) in [6, 6.07) is 30.5. The summed E-state index contributed by atoms with van der Waals surface area (Å²) in [5, 5.41) is 2.73. The highest BCUT2D eigenvalue weighted by molar-refractivity contribution is 7.92.